The summed E-state index contributed by atoms with van der Waals surface area (Å²) in [6, 6.07) is 1.34. The number of hydrogen-bond acceptors (Lipinski definition) is 0. The Morgan fingerprint density at radius 2 is 1.70 bits per heavy atom. The SMILES string of the molecule is CCCCCC[Si](C)(C)[S]. The van der Waals surface area contributed by atoms with Crippen LogP contribution in [0.15, 0.2) is 0 Å². The van der Waals surface area contributed by atoms with Crippen LogP contribution < -0.4 is 0 Å². The van der Waals surface area contributed by atoms with E-state index >= 15 is 0 Å². The van der Waals surface area contributed by atoms with Gasteiger partial charge in [-0.3, -0.25) is 0 Å². The van der Waals surface area contributed by atoms with Crippen LogP contribution in [0.1, 0.15) is 32.6 Å². The molecule has 0 saturated heterocycles. The second kappa shape index (κ2) is 5.25. The van der Waals surface area contributed by atoms with Crippen molar-refractivity contribution in [3.8, 4) is 0 Å². The second-order valence-corrected chi connectivity index (χ2v) is 10.9. The van der Waals surface area contributed by atoms with Crippen molar-refractivity contribution in [3.05, 3.63) is 0 Å². The van der Waals surface area contributed by atoms with Crippen LogP contribution in [0, 0.1) is 0 Å². The van der Waals surface area contributed by atoms with Gasteiger partial charge in [-0.1, -0.05) is 45.7 Å². The summed E-state index contributed by atoms with van der Waals surface area (Å²) in [5.74, 6) is 0. The van der Waals surface area contributed by atoms with E-state index in [2.05, 4.69) is 20.0 Å². The van der Waals surface area contributed by atoms with Gasteiger partial charge in [-0.05, 0) is 6.04 Å². The number of unbranched alkanes of at least 4 members (excludes halogenated alkanes) is 3. The van der Waals surface area contributed by atoms with Crippen molar-refractivity contribution >= 4 is 19.3 Å². The Morgan fingerprint density at radius 3 is 2.10 bits per heavy atom. The molecular weight excluding hydrogens is 156 g/mol. The molecule has 0 spiro atoms. The predicted molar refractivity (Wildman–Crippen MR) is 54.0 cm³/mol. The molecule has 0 aliphatic rings. The van der Waals surface area contributed by atoms with Gasteiger partial charge in [0.2, 0.25) is 0 Å². The third-order valence-corrected chi connectivity index (χ3v) is 3.80. The fraction of sp³-hybridized carbons (Fsp3) is 1.00. The molecule has 0 heterocycles. The van der Waals surface area contributed by atoms with Gasteiger partial charge < -0.3 is 0 Å². The fourth-order valence-electron chi connectivity index (χ4n) is 0.977. The quantitative estimate of drug-likeness (QED) is 0.438. The van der Waals surface area contributed by atoms with Crippen LogP contribution in [0.2, 0.25) is 19.1 Å². The molecule has 0 fully saturated rings. The van der Waals surface area contributed by atoms with Gasteiger partial charge >= 0.3 is 0 Å². The van der Waals surface area contributed by atoms with Crippen LogP contribution in [-0.2, 0) is 0 Å². The normalized spacial score (nSPS) is 12.0. The van der Waals surface area contributed by atoms with Crippen LogP contribution in [0.5, 0.6) is 0 Å². The summed E-state index contributed by atoms with van der Waals surface area (Å²) in [6.45, 7) is 6.79. The smallest absolute Gasteiger partial charge is 0.124 e. The molecular formula is C8H19SSi. The third-order valence-electron chi connectivity index (χ3n) is 1.63. The molecule has 10 heavy (non-hydrogen) atoms. The maximum Gasteiger partial charge on any atom is 0.124 e. The van der Waals surface area contributed by atoms with Crippen molar-refractivity contribution < 1.29 is 0 Å². The maximum atomic E-state index is 5.37. The van der Waals surface area contributed by atoms with E-state index in [4.69, 9.17) is 12.1 Å². The van der Waals surface area contributed by atoms with Crippen molar-refractivity contribution in [2.75, 3.05) is 0 Å². The molecule has 61 valence electrons. The van der Waals surface area contributed by atoms with Gasteiger partial charge in [0, 0.05) is 0 Å². The molecule has 0 atom stereocenters. The highest BCUT2D eigenvalue weighted by Gasteiger charge is 2.14. The molecule has 2 heteroatoms. The first-order valence-electron chi connectivity index (χ1n) is 4.26. The highest BCUT2D eigenvalue weighted by atomic mass is 32.3. The molecule has 0 nitrogen and oxygen atoms in total. The highest BCUT2D eigenvalue weighted by molar-refractivity contribution is 8.14. The van der Waals surface area contributed by atoms with E-state index in [-0.39, 0.29) is 0 Å². The molecule has 0 rings (SSSR count). The van der Waals surface area contributed by atoms with Gasteiger partial charge in [0.1, 0.15) is 7.22 Å². The highest BCUT2D eigenvalue weighted by Crippen LogP contribution is 2.17. The summed E-state index contributed by atoms with van der Waals surface area (Å²) in [5.41, 5.74) is 0. The summed E-state index contributed by atoms with van der Waals surface area (Å²) >= 11 is 5.37. The lowest BCUT2D eigenvalue weighted by Gasteiger charge is -2.11. The summed E-state index contributed by atoms with van der Waals surface area (Å²) in [7, 11) is -1.12. The Kier molecular flexibility index (Phi) is 5.55. The molecule has 0 unspecified atom stereocenters. The van der Waals surface area contributed by atoms with E-state index < -0.39 is 7.22 Å². The molecule has 0 saturated carbocycles. The first-order chi connectivity index (χ1) is 4.56. The summed E-state index contributed by atoms with van der Waals surface area (Å²) in [6.07, 6.45) is 5.49. The van der Waals surface area contributed by atoms with Crippen molar-refractivity contribution in [3.63, 3.8) is 0 Å². The Hall–Kier alpha value is 0.567. The molecule has 0 aliphatic carbocycles. The Bertz CT molecular complexity index is 75.8. The average Bonchev–Trinajstić information content (AvgIpc) is 1.78. The summed E-state index contributed by atoms with van der Waals surface area (Å²) < 4.78 is 0. The summed E-state index contributed by atoms with van der Waals surface area (Å²) in [5, 5.41) is 0. The molecule has 0 bridgehead atoms. The van der Waals surface area contributed by atoms with E-state index in [1.165, 1.54) is 31.7 Å². The standard InChI is InChI=1S/C8H19SSi/c1-4-5-6-7-8-10(2,3)9/h4-8H2,1-3H3. The Morgan fingerprint density at radius 1 is 1.10 bits per heavy atom. The molecule has 0 aromatic rings. The monoisotopic (exact) mass is 175 g/mol. The minimum Gasteiger partial charge on any atom is -0.128 e. The average molecular weight is 175 g/mol. The Balaban J connectivity index is 3.04. The van der Waals surface area contributed by atoms with Crippen LogP contribution in [0.25, 0.3) is 0 Å². The van der Waals surface area contributed by atoms with Crippen molar-refractivity contribution in [2.24, 2.45) is 0 Å². The van der Waals surface area contributed by atoms with E-state index in [0.717, 1.165) is 0 Å². The zero-order valence-electron chi connectivity index (χ0n) is 7.44. The lowest BCUT2D eigenvalue weighted by atomic mass is 10.2. The van der Waals surface area contributed by atoms with Gasteiger partial charge in [0.25, 0.3) is 0 Å². The zero-order valence-corrected chi connectivity index (χ0v) is 9.26. The van der Waals surface area contributed by atoms with Crippen molar-refractivity contribution in [1.82, 2.24) is 0 Å². The first kappa shape index (κ1) is 10.6. The van der Waals surface area contributed by atoms with Crippen LogP contribution in [0.3, 0.4) is 0 Å². The van der Waals surface area contributed by atoms with Gasteiger partial charge in [-0.15, -0.1) is 12.1 Å². The lowest BCUT2D eigenvalue weighted by molar-refractivity contribution is 0.698. The maximum absolute atomic E-state index is 5.37. The molecule has 0 aliphatic heterocycles. The van der Waals surface area contributed by atoms with E-state index in [1.54, 1.807) is 0 Å². The van der Waals surface area contributed by atoms with Gasteiger partial charge in [-0.25, -0.2) is 0 Å². The van der Waals surface area contributed by atoms with Crippen LogP contribution >= 0.6 is 12.1 Å². The van der Waals surface area contributed by atoms with Gasteiger partial charge in [0.15, 0.2) is 0 Å². The fourth-order valence-corrected chi connectivity index (χ4v) is 2.51. The largest absolute Gasteiger partial charge is 0.128 e. The Labute approximate surface area is 71.5 Å². The second-order valence-electron chi connectivity index (χ2n) is 3.57. The third kappa shape index (κ3) is 8.57. The molecule has 0 N–H and O–H groups in total. The van der Waals surface area contributed by atoms with E-state index in [1.807, 2.05) is 0 Å². The van der Waals surface area contributed by atoms with Crippen molar-refractivity contribution in [2.45, 2.75) is 51.7 Å². The van der Waals surface area contributed by atoms with Gasteiger partial charge in [0.05, 0.1) is 0 Å². The molecule has 0 amide bonds. The summed E-state index contributed by atoms with van der Waals surface area (Å²) in [4.78, 5) is 0. The minimum absolute atomic E-state index is 1.12. The number of rotatable bonds is 5. The lowest BCUT2D eigenvalue weighted by Crippen LogP contribution is -2.15. The minimum atomic E-state index is -1.12. The van der Waals surface area contributed by atoms with E-state index in [9.17, 15) is 0 Å². The molecule has 0 aromatic heterocycles. The topological polar surface area (TPSA) is 0 Å². The molecule has 0 aromatic carbocycles. The van der Waals surface area contributed by atoms with Crippen LogP contribution in [-0.4, -0.2) is 7.22 Å². The number of hydrogen-bond donors (Lipinski definition) is 0. The van der Waals surface area contributed by atoms with Crippen molar-refractivity contribution in [1.29, 1.82) is 0 Å². The first-order valence-corrected chi connectivity index (χ1v) is 8.60. The predicted octanol–water partition coefficient (Wildman–Crippen LogP) is 3.97. The van der Waals surface area contributed by atoms with Gasteiger partial charge in [-0.2, -0.15) is 0 Å². The zero-order chi connectivity index (χ0) is 8.04. The van der Waals surface area contributed by atoms with E-state index in [0.29, 0.717) is 0 Å². The van der Waals surface area contributed by atoms with Crippen LogP contribution in [0.4, 0.5) is 0 Å². The molecule has 1 radical (unpaired) electrons.